The van der Waals surface area contributed by atoms with Crippen molar-refractivity contribution < 1.29 is 9.53 Å². The zero-order chi connectivity index (χ0) is 19.0. The van der Waals surface area contributed by atoms with Gasteiger partial charge in [-0.1, -0.05) is 18.2 Å². The molecule has 10 heteroatoms. The molecule has 1 fully saturated rings. The molecule has 0 radical (unpaired) electrons. The number of carbonyl (C=O) groups is 1. The van der Waals surface area contributed by atoms with Gasteiger partial charge in [-0.15, -0.1) is 0 Å². The number of rotatable bonds is 5. The third kappa shape index (κ3) is 3.45. The third-order valence-electron chi connectivity index (χ3n) is 4.32. The number of hydrogen-bond acceptors (Lipinski definition) is 6. The molecule has 0 saturated carbocycles. The number of nitrogens with zero attached hydrogens (tertiary/aromatic N) is 5. The maximum absolute atomic E-state index is 11.8. The maximum atomic E-state index is 11.8. The Labute approximate surface area is 160 Å². The van der Waals surface area contributed by atoms with Crippen LogP contribution in [-0.2, 0) is 11.8 Å². The van der Waals surface area contributed by atoms with Gasteiger partial charge in [0.15, 0.2) is 0 Å². The first-order chi connectivity index (χ1) is 13.0. The first-order valence-corrected chi connectivity index (χ1v) is 8.79. The summed E-state index contributed by atoms with van der Waals surface area (Å²) in [6.07, 6.45) is 6.97. The fourth-order valence-electron chi connectivity index (χ4n) is 3.03. The lowest BCUT2D eigenvalue weighted by molar-refractivity contribution is -0.125. The third-order valence-corrected chi connectivity index (χ3v) is 4.62. The summed E-state index contributed by atoms with van der Waals surface area (Å²) in [7, 11) is 1.82. The molecule has 1 saturated heterocycles. The van der Waals surface area contributed by atoms with Gasteiger partial charge in [-0.3, -0.25) is 9.48 Å². The lowest BCUT2D eigenvalue weighted by atomic mass is 10.3. The molecule has 1 amide bonds. The van der Waals surface area contributed by atoms with Crippen LogP contribution in [-0.4, -0.2) is 54.7 Å². The van der Waals surface area contributed by atoms with E-state index in [1.807, 2.05) is 13.2 Å². The van der Waals surface area contributed by atoms with Gasteiger partial charge in [0.05, 0.1) is 28.8 Å². The van der Waals surface area contributed by atoms with Crippen LogP contribution in [0.4, 0.5) is 11.6 Å². The molecular formula is C17H18ClN7O2. The van der Waals surface area contributed by atoms with Crippen LogP contribution in [0.3, 0.4) is 0 Å². The molecule has 1 unspecified atom stereocenters. The number of ether oxygens (including phenoxy) is 1. The minimum atomic E-state index is -0.177. The van der Waals surface area contributed by atoms with E-state index < -0.39 is 0 Å². The lowest BCUT2D eigenvalue weighted by Crippen LogP contribution is -2.29. The molecule has 27 heavy (non-hydrogen) atoms. The number of nitrogens with one attached hydrogen (secondary N) is 2. The highest BCUT2D eigenvalue weighted by Gasteiger charge is 2.28. The SMILES string of the molecule is C=CC(=O)N1CCC(Oc2nc(Nc3cnn(C)c3)nc3[nH]cc(Cl)c23)C1. The average Bonchev–Trinajstić information content (AvgIpc) is 3.36. The molecule has 0 bridgehead atoms. The van der Waals surface area contributed by atoms with Crippen molar-refractivity contribution in [3.63, 3.8) is 0 Å². The van der Waals surface area contributed by atoms with E-state index in [1.54, 1.807) is 22.0 Å². The van der Waals surface area contributed by atoms with Crippen LogP contribution in [0.15, 0.2) is 31.2 Å². The van der Waals surface area contributed by atoms with Gasteiger partial charge >= 0.3 is 0 Å². The van der Waals surface area contributed by atoms with Crippen molar-refractivity contribution in [2.24, 2.45) is 7.05 Å². The summed E-state index contributed by atoms with van der Waals surface area (Å²) < 4.78 is 7.77. The number of H-pyrrole nitrogens is 1. The highest BCUT2D eigenvalue weighted by molar-refractivity contribution is 6.35. The van der Waals surface area contributed by atoms with Gasteiger partial charge < -0.3 is 19.9 Å². The largest absolute Gasteiger partial charge is 0.472 e. The number of halogens is 1. The molecule has 2 N–H and O–H groups in total. The highest BCUT2D eigenvalue weighted by Crippen LogP contribution is 2.32. The van der Waals surface area contributed by atoms with E-state index in [4.69, 9.17) is 16.3 Å². The topological polar surface area (TPSA) is 101 Å². The second-order valence-corrected chi connectivity index (χ2v) is 6.66. The van der Waals surface area contributed by atoms with Crippen LogP contribution in [0.2, 0.25) is 5.02 Å². The fraction of sp³-hybridized carbons (Fsp3) is 0.294. The van der Waals surface area contributed by atoms with Crippen molar-refractivity contribution >= 4 is 40.2 Å². The standard InChI is InChI=1S/C17H18ClN7O2/c1-3-13(26)25-5-4-11(9-25)27-16-14-12(18)7-19-15(14)22-17(23-16)21-10-6-20-24(2)8-10/h3,6-8,11H,1,4-5,9H2,2H3,(H2,19,21,22,23). The Balaban J connectivity index is 1.61. The van der Waals surface area contributed by atoms with Gasteiger partial charge in [0.25, 0.3) is 0 Å². The Kier molecular flexibility index (Phi) is 4.44. The summed E-state index contributed by atoms with van der Waals surface area (Å²) in [6, 6.07) is 0. The Bertz CT molecular complexity index is 1010. The van der Waals surface area contributed by atoms with Crippen molar-refractivity contribution in [1.82, 2.24) is 29.6 Å². The Morgan fingerprint density at radius 1 is 1.52 bits per heavy atom. The zero-order valence-electron chi connectivity index (χ0n) is 14.6. The van der Waals surface area contributed by atoms with Crippen LogP contribution in [0.25, 0.3) is 11.0 Å². The molecule has 4 rings (SSSR count). The van der Waals surface area contributed by atoms with Crippen LogP contribution in [0.1, 0.15) is 6.42 Å². The Hall–Kier alpha value is -3.07. The van der Waals surface area contributed by atoms with Gasteiger partial charge in [0.2, 0.25) is 17.7 Å². The van der Waals surface area contributed by atoms with Crippen molar-refractivity contribution in [1.29, 1.82) is 0 Å². The summed E-state index contributed by atoms with van der Waals surface area (Å²) in [5.41, 5.74) is 1.32. The number of aryl methyl sites for hydroxylation is 1. The number of aromatic nitrogens is 5. The van der Waals surface area contributed by atoms with Crippen LogP contribution in [0.5, 0.6) is 5.88 Å². The quantitative estimate of drug-likeness (QED) is 0.651. The number of hydrogen-bond donors (Lipinski definition) is 2. The lowest BCUT2D eigenvalue weighted by Gasteiger charge is -2.16. The van der Waals surface area contributed by atoms with Crippen LogP contribution >= 0.6 is 11.6 Å². The van der Waals surface area contributed by atoms with Gasteiger partial charge in [-0.25, -0.2) is 0 Å². The monoisotopic (exact) mass is 387 g/mol. The molecule has 3 aromatic heterocycles. The van der Waals surface area contributed by atoms with E-state index in [1.165, 1.54) is 6.08 Å². The number of fused-ring (bicyclic) bond motifs is 1. The van der Waals surface area contributed by atoms with Gasteiger partial charge in [-0.05, 0) is 6.08 Å². The van der Waals surface area contributed by atoms with Gasteiger partial charge in [0.1, 0.15) is 11.8 Å². The van der Waals surface area contributed by atoms with Crippen molar-refractivity contribution in [3.8, 4) is 5.88 Å². The van der Waals surface area contributed by atoms with E-state index in [0.29, 0.717) is 47.4 Å². The predicted molar refractivity (Wildman–Crippen MR) is 101 cm³/mol. The molecule has 1 aliphatic rings. The second-order valence-electron chi connectivity index (χ2n) is 6.26. The summed E-state index contributed by atoms with van der Waals surface area (Å²) in [5.74, 6) is 0.629. The summed E-state index contributed by atoms with van der Waals surface area (Å²) in [4.78, 5) is 25.4. The molecule has 9 nitrogen and oxygen atoms in total. The summed E-state index contributed by atoms with van der Waals surface area (Å²) >= 11 is 6.28. The molecule has 4 heterocycles. The van der Waals surface area contributed by atoms with E-state index in [0.717, 1.165) is 5.69 Å². The van der Waals surface area contributed by atoms with E-state index >= 15 is 0 Å². The normalized spacial score (nSPS) is 16.7. The minimum absolute atomic E-state index is 0.104. The zero-order valence-corrected chi connectivity index (χ0v) is 15.4. The molecule has 1 aliphatic heterocycles. The minimum Gasteiger partial charge on any atom is -0.472 e. The number of likely N-dealkylation sites (tertiary alicyclic amines) is 1. The number of anilines is 2. The Morgan fingerprint density at radius 3 is 3.11 bits per heavy atom. The molecule has 0 aromatic carbocycles. The smallest absolute Gasteiger partial charge is 0.246 e. The summed E-state index contributed by atoms with van der Waals surface area (Å²) in [6.45, 7) is 4.62. The van der Waals surface area contributed by atoms with Gasteiger partial charge in [0, 0.05) is 32.4 Å². The van der Waals surface area contributed by atoms with Crippen molar-refractivity contribution in [2.75, 3.05) is 18.4 Å². The van der Waals surface area contributed by atoms with Crippen LogP contribution in [0, 0.1) is 0 Å². The maximum Gasteiger partial charge on any atom is 0.246 e. The summed E-state index contributed by atoms with van der Waals surface area (Å²) in [5, 5.41) is 8.30. The highest BCUT2D eigenvalue weighted by atomic mass is 35.5. The van der Waals surface area contributed by atoms with E-state index in [-0.39, 0.29) is 12.0 Å². The first-order valence-electron chi connectivity index (χ1n) is 8.42. The number of amides is 1. The van der Waals surface area contributed by atoms with E-state index in [2.05, 4.69) is 31.9 Å². The molecule has 0 aliphatic carbocycles. The molecule has 140 valence electrons. The second kappa shape index (κ2) is 6.92. The van der Waals surface area contributed by atoms with Crippen molar-refractivity contribution in [3.05, 3.63) is 36.3 Å². The number of aromatic amines is 1. The number of carbonyl (C=O) groups excluding carboxylic acids is 1. The molecular weight excluding hydrogens is 370 g/mol. The fourth-order valence-corrected chi connectivity index (χ4v) is 3.26. The predicted octanol–water partition coefficient (Wildman–Crippen LogP) is 2.25. The van der Waals surface area contributed by atoms with Crippen LogP contribution < -0.4 is 10.1 Å². The Morgan fingerprint density at radius 2 is 2.37 bits per heavy atom. The molecule has 0 spiro atoms. The van der Waals surface area contributed by atoms with Crippen molar-refractivity contribution in [2.45, 2.75) is 12.5 Å². The molecule has 1 atom stereocenters. The average molecular weight is 388 g/mol. The van der Waals surface area contributed by atoms with Gasteiger partial charge in [-0.2, -0.15) is 15.1 Å². The van der Waals surface area contributed by atoms with E-state index in [9.17, 15) is 4.79 Å². The molecule has 3 aromatic rings. The first kappa shape index (κ1) is 17.3.